The Morgan fingerprint density at radius 1 is 0.791 bits per heavy atom. The third kappa shape index (κ3) is 8.46. The number of amides is 2. The van der Waals surface area contributed by atoms with E-state index in [4.69, 9.17) is 11.6 Å². The van der Waals surface area contributed by atoms with Crippen LogP contribution in [0.15, 0.2) is 114 Å². The number of hydrogen-bond donors (Lipinski definition) is 1. The maximum absolute atomic E-state index is 14.4. The molecule has 4 aromatic rings. The van der Waals surface area contributed by atoms with Gasteiger partial charge in [-0.3, -0.25) is 13.9 Å². The van der Waals surface area contributed by atoms with Crippen LogP contribution in [-0.4, -0.2) is 43.8 Å². The van der Waals surface area contributed by atoms with Crippen LogP contribution in [0.4, 0.5) is 5.69 Å². The van der Waals surface area contributed by atoms with Gasteiger partial charge in [-0.05, 0) is 68.3 Å². The lowest BCUT2D eigenvalue weighted by Gasteiger charge is -2.34. The van der Waals surface area contributed by atoms with Crippen molar-refractivity contribution >= 4 is 39.1 Å². The fourth-order valence-electron chi connectivity index (χ4n) is 4.68. The first-order valence-electron chi connectivity index (χ1n) is 14.1. The van der Waals surface area contributed by atoms with Crippen LogP contribution < -0.4 is 9.62 Å². The number of sulfonamides is 1. The Morgan fingerprint density at radius 3 is 1.95 bits per heavy atom. The van der Waals surface area contributed by atoms with Crippen molar-refractivity contribution in [2.75, 3.05) is 10.8 Å². The summed E-state index contributed by atoms with van der Waals surface area (Å²) in [5.74, 6) is -0.826. The van der Waals surface area contributed by atoms with Crippen LogP contribution in [0.5, 0.6) is 0 Å². The Kier molecular flexibility index (Phi) is 10.6. The lowest BCUT2D eigenvalue weighted by atomic mass is 10.0. The van der Waals surface area contributed by atoms with Crippen molar-refractivity contribution in [1.29, 1.82) is 0 Å². The minimum atomic E-state index is -4.18. The number of anilines is 1. The SMILES string of the molecule is Cc1ccc(CN(C(=O)CN(c2ccccc2)S(=O)(=O)c2ccc(Cl)cc2)[C@@H](Cc2ccccc2)C(=O)NC(C)C)cc1. The van der Waals surface area contributed by atoms with Gasteiger partial charge in [0.25, 0.3) is 10.0 Å². The zero-order valence-corrected chi connectivity index (χ0v) is 26.1. The molecule has 9 heteroatoms. The maximum Gasteiger partial charge on any atom is 0.264 e. The molecule has 0 radical (unpaired) electrons. The van der Waals surface area contributed by atoms with Crippen molar-refractivity contribution in [3.63, 3.8) is 0 Å². The van der Waals surface area contributed by atoms with E-state index in [1.807, 2.05) is 75.4 Å². The van der Waals surface area contributed by atoms with Crippen molar-refractivity contribution in [1.82, 2.24) is 10.2 Å². The molecule has 0 aliphatic heterocycles. The number of halogens is 1. The van der Waals surface area contributed by atoms with Crippen LogP contribution in [0.2, 0.25) is 5.02 Å². The van der Waals surface area contributed by atoms with Gasteiger partial charge in [0.1, 0.15) is 12.6 Å². The zero-order chi connectivity index (χ0) is 31.0. The monoisotopic (exact) mass is 617 g/mol. The van der Waals surface area contributed by atoms with Crippen molar-refractivity contribution in [2.24, 2.45) is 0 Å². The maximum atomic E-state index is 14.4. The molecular formula is C34H36ClN3O4S. The Bertz CT molecular complexity index is 1610. The van der Waals surface area contributed by atoms with E-state index in [-0.39, 0.29) is 29.8 Å². The summed E-state index contributed by atoms with van der Waals surface area (Å²) in [5.41, 5.74) is 3.08. The van der Waals surface area contributed by atoms with Crippen LogP contribution in [0, 0.1) is 6.92 Å². The molecule has 1 N–H and O–H groups in total. The normalized spacial score (nSPS) is 12.0. The third-order valence-corrected chi connectivity index (χ3v) is 8.94. The van der Waals surface area contributed by atoms with E-state index in [2.05, 4.69) is 5.32 Å². The minimum Gasteiger partial charge on any atom is -0.352 e. The summed E-state index contributed by atoms with van der Waals surface area (Å²) in [6.45, 7) is 5.30. The highest BCUT2D eigenvalue weighted by Crippen LogP contribution is 2.26. The van der Waals surface area contributed by atoms with Gasteiger partial charge in [0, 0.05) is 24.0 Å². The van der Waals surface area contributed by atoms with Gasteiger partial charge >= 0.3 is 0 Å². The number of hydrogen-bond acceptors (Lipinski definition) is 4. The van der Waals surface area contributed by atoms with Gasteiger partial charge in [0.2, 0.25) is 11.8 Å². The van der Waals surface area contributed by atoms with Gasteiger partial charge in [-0.2, -0.15) is 0 Å². The van der Waals surface area contributed by atoms with Gasteiger partial charge in [-0.15, -0.1) is 0 Å². The summed E-state index contributed by atoms with van der Waals surface area (Å²) >= 11 is 6.03. The Balaban J connectivity index is 1.78. The molecule has 7 nitrogen and oxygen atoms in total. The number of carbonyl (C=O) groups is 2. The number of para-hydroxylation sites is 1. The lowest BCUT2D eigenvalue weighted by molar-refractivity contribution is -0.140. The molecule has 0 fully saturated rings. The highest BCUT2D eigenvalue weighted by atomic mass is 35.5. The van der Waals surface area contributed by atoms with E-state index < -0.39 is 28.5 Å². The molecule has 4 aromatic carbocycles. The Hall–Kier alpha value is -4.14. The molecule has 224 valence electrons. The molecule has 0 aromatic heterocycles. The summed E-state index contributed by atoms with van der Waals surface area (Å²) in [4.78, 5) is 29.6. The molecule has 2 amide bonds. The number of nitrogens with one attached hydrogen (secondary N) is 1. The van der Waals surface area contributed by atoms with Gasteiger partial charge in [0.05, 0.1) is 10.6 Å². The first kappa shape index (κ1) is 31.8. The van der Waals surface area contributed by atoms with E-state index in [0.717, 1.165) is 21.0 Å². The largest absolute Gasteiger partial charge is 0.352 e. The second kappa shape index (κ2) is 14.4. The van der Waals surface area contributed by atoms with Crippen molar-refractivity contribution in [3.05, 3.63) is 131 Å². The summed E-state index contributed by atoms with van der Waals surface area (Å²) < 4.78 is 29.0. The molecule has 0 spiro atoms. The smallest absolute Gasteiger partial charge is 0.264 e. The topological polar surface area (TPSA) is 86.8 Å². The van der Waals surface area contributed by atoms with Gasteiger partial charge in [-0.1, -0.05) is 90.0 Å². The Labute approximate surface area is 259 Å². The summed E-state index contributed by atoms with van der Waals surface area (Å²) in [5, 5.41) is 3.36. The van der Waals surface area contributed by atoms with Crippen LogP contribution >= 0.6 is 11.6 Å². The highest BCUT2D eigenvalue weighted by Gasteiger charge is 2.34. The average Bonchev–Trinajstić information content (AvgIpc) is 2.99. The molecule has 43 heavy (non-hydrogen) atoms. The minimum absolute atomic E-state index is 0.00276. The van der Waals surface area contributed by atoms with Crippen LogP contribution in [0.25, 0.3) is 0 Å². The molecule has 0 aliphatic rings. The van der Waals surface area contributed by atoms with E-state index in [1.54, 1.807) is 30.3 Å². The highest BCUT2D eigenvalue weighted by molar-refractivity contribution is 7.92. The van der Waals surface area contributed by atoms with Crippen LogP contribution in [0.1, 0.15) is 30.5 Å². The molecule has 0 saturated carbocycles. The molecule has 0 heterocycles. The van der Waals surface area contributed by atoms with Crippen LogP contribution in [0.3, 0.4) is 0 Å². The predicted octanol–water partition coefficient (Wildman–Crippen LogP) is 6.01. The van der Waals surface area contributed by atoms with Crippen LogP contribution in [-0.2, 0) is 32.6 Å². The van der Waals surface area contributed by atoms with Gasteiger partial charge in [0.15, 0.2) is 0 Å². The lowest BCUT2D eigenvalue weighted by Crippen LogP contribution is -2.54. The standard InChI is InChI=1S/C34H36ClN3O4S/c1-25(2)36-34(40)32(22-27-10-6-4-7-11-27)37(23-28-16-14-26(3)15-17-28)33(39)24-38(30-12-8-5-9-13-30)43(41,42)31-20-18-29(35)19-21-31/h4-21,25,32H,22-24H2,1-3H3,(H,36,40)/t32-/m0/s1. The first-order valence-corrected chi connectivity index (χ1v) is 15.9. The number of nitrogens with zero attached hydrogens (tertiary/aromatic N) is 2. The average molecular weight is 618 g/mol. The van der Waals surface area contributed by atoms with E-state index in [9.17, 15) is 18.0 Å². The fourth-order valence-corrected chi connectivity index (χ4v) is 6.22. The predicted molar refractivity (Wildman–Crippen MR) is 171 cm³/mol. The number of benzene rings is 4. The summed E-state index contributed by atoms with van der Waals surface area (Å²) in [6, 6.07) is 30.4. The zero-order valence-electron chi connectivity index (χ0n) is 24.5. The molecular weight excluding hydrogens is 582 g/mol. The van der Waals surface area contributed by atoms with Crippen molar-refractivity contribution in [2.45, 2.75) is 50.7 Å². The number of carbonyl (C=O) groups excluding carboxylic acids is 2. The molecule has 0 unspecified atom stereocenters. The number of rotatable bonds is 12. The second-order valence-electron chi connectivity index (χ2n) is 10.7. The third-order valence-electron chi connectivity index (χ3n) is 6.90. The molecule has 4 rings (SSSR count). The summed E-state index contributed by atoms with van der Waals surface area (Å²) in [7, 11) is -4.18. The van der Waals surface area contributed by atoms with E-state index in [1.165, 1.54) is 29.2 Å². The first-order chi connectivity index (χ1) is 20.5. The van der Waals surface area contributed by atoms with E-state index >= 15 is 0 Å². The van der Waals surface area contributed by atoms with E-state index in [0.29, 0.717) is 10.7 Å². The quantitative estimate of drug-likeness (QED) is 0.211. The molecule has 0 saturated heterocycles. The Morgan fingerprint density at radius 2 is 1.37 bits per heavy atom. The number of aryl methyl sites for hydroxylation is 1. The van der Waals surface area contributed by atoms with Crippen molar-refractivity contribution < 1.29 is 18.0 Å². The second-order valence-corrected chi connectivity index (χ2v) is 13.0. The van der Waals surface area contributed by atoms with Gasteiger partial charge < -0.3 is 10.2 Å². The fraction of sp³-hybridized carbons (Fsp3) is 0.235. The molecule has 0 bridgehead atoms. The summed E-state index contributed by atoms with van der Waals surface area (Å²) in [6.07, 6.45) is 0.256. The van der Waals surface area contributed by atoms with Gasteiger partial charge in [-0.25, -0.2) is 8.42 Å². The van der Waals surface area contributed by atoms with Crippen molar-refractivity contribution in [3.8, 4) is 0 Å². The molecule has 0 aliphatic carbocycles. The molecule has 1 atom stereocenters.